The molecule has 1 fully saturated rings. The van der Waals surface area contributed by atoms with E-state index in [0.717, 1.165) is 41.5 Å². The van der Waals surface area contributed by atoms with Crippen LogP contribution in [0.5, 0.6) is 5.75 Å². The predicted octanol–water partition coefficient (Wildman–Crippen LogP) is 4.49. The van der Waals surface area contributed by atoms with Gasteiger partial charge in [0, 0.05) is 48.5 Å². The van der Waals surface area contributed by atoms with Gasteiger partial charge in [0.05, 0.1) is 6.61 Å². The molecule has 5 heteroatoms. The second-order valence-corrected chi connectivity index (χ2v) is 6.95. The number of hydrogen-bond acceptors (Lipinski definition) is 3. The number of piperazine rings is 1. The summed E-state index contributed by atoms with van der Waals surface area (Å²) >= 11 is 6.08. The molecule has 1 saturated heterocycles. The van der Waals surface area contributed by atoms with E-state index in [-0.39, 0.29) is 5.91 Å². The number of amides is 1. The zero-order chi connectivity index (χ0) is 19.1. The van der Waals surface area contributed by atoms with E-state index >= 15 is 0 Å². The summed E-state index contributed by atoms with van der Waals surface area (Å²) in [6.45, 7) is 5.74. The van der Waals surface area contributed by atoms with Gasteiger partial charge in [0.1, 0.15) is 5.75 Å². The van der Waals surface area contributed by atoms with Crippen LogP contribution in [0.1, 0.15) is 18.9 Å². The van der Waals surface area contributed by atoms with Crippen molar-refractivity contribution in [2.75, 3.05) is 37.7 Å². The molecule has 0 spiro atoms. The van der Waals surface area contributed by atoms with Crippen LogP contribution in [0.2, 0.25) is 5.02 Å². The average Bonchev–Trinajstić information content (AvgIpc) is 2.71. The zero-order valence-corrected chi connectivity index (χ0v) is 16.4. The van der Waals surface area contributed by atoms with Crippen LogP contribution in [0, 0.1) is 0 Å². The second kappa shape index (κ2) is 9.47. The maximum Gasteiger partial charge on any atom is 0.246 e. The van der Waals surface area contributed by atoms with Crippen molar-refractivity contribution in [3.8, 4) is 5.75 Å². The summed E-state index contributed by atoms with van der Waals surface area (Å²) in [6, 6.07) is 15.6. The maximum absolute atomic E-state index is 12.6. The van der Waals surface area contributed by atoms with Crippen molar-refractivity contribution in [2.24, 2.45) is 0 Å². The summed E-state index contributed by atoms with van der Waals surface area (Å²) < 4.78 is 5.74. The summed E-state index contributed by atoms with van der Waals surface area (Å²) in [4.78, 5) is 16.7. The summed E-state index contributed by atoms with van der Waals surface area (Å²) in [5.74, 6) is 0.847. The van der Waals surface area contributed by atoms with Gasteiger partial charge in [-0.05, 0) is 36.8 Å². The van der Waals surface area contributed by atoms with Gasteiger partial charge in [-0.2, -0.15) is 0 Å². The topological polar surface area (TPSA) is 32.8 Å². The molecule has 4 nitrogen and oxygen atoms in total. The average molecular weight is 385 g/mol. The molecular weight excluding hydrogens is 360 g/mol. The van der Waals surface area contributed by atoms with E-state index in [4.69, 9.17) is 16.3 Å². The molecule has 1 heterocycles. The van der Waals surface area contributed by atoms with Gasteiger partial charge < -0.3 is 14.5 Å². The Morgan fingerprint density at radius 2 is 1.89 bits per heavy atom. The molecule has 0 bridgehead atoms. The van der Waals surface area contributed by atoms with Crippen molar-refractivity contribution in [1.29, 1.82) is 0 Å². The minimum Gasteiger partial charge on any atom is -0.493 e. The molecule has 1 aliphatic heterocycles. The van der Waals surface area contributed by atoms with Crippen LogP contribution in [0.25, 0.3) is 6.08 Å². The molecule has 0 unspecified atom stereocenters. The van der Waals surface area contributed by atoms with Crippen LogP contribution >= 0.6 is 11.6 Å². The van der Waals surface area contributed by atoms with E-state index in [2.05, 4.69) is 17.9 Å². The first-order valence-electron chi connectivity index (χ1n) is 9.36. The van der Waals surface area contributed by atoms with Crippen molar-refractivity contribution >= 4 is 29.3 Å². The van der Waals surface area contributed by atoms with Gasteiger partial charge in [0.2, 0.25) is 5.91 Å². The fraction of sp³-hybridized carbons (Fsp3) is 0.318. The van der Waals surface area contributed by atoms with Gasteiger partial charge in [0.15, 0.2) is 0 Å². The number of benzene rings is 2. The Morgan fingerprint density at radius 3 is 2.63 bits per heavy atom. The normalized spacial score (nSPS) is 14.6. The van der Waals surface area contributed by atoms with Gasteiger partial charge in [-0.3, -0.25) is 4.79 Å². The number of carbonyl (C=O) groups excluding carboxylic acids is 1. The van der Waals surface area contributed by atoms with Crippen LogP contribution in [-0.2, 0) is 4.79 Å². The lowest BCUT2D eigenvalue weighted by molar-refractivity contribution is -0.126. The van der Waals surface area contributed by atoms with Crippen LogP contribution in [-0.4, -0.2) is 43.6 Å². The lowest BCUT2D eigenvalue weighted by Crippen LogP contribution is -2.48. The number of nitrogens with zero attached hydrogens (tertiary/aromatic N) is 2. The van der Waals surface area contributed by atoms with E-state index in [1.165, 1.54) is 0 Å². The van der Waals surface area contributed by atoms with E-state index in [1.54, 1.807) is 6.08 Å². The molecule has 3 rings (SSSR count). The smallest absolute Gasteiger partial charge is 0.246 e. The highest BCUT2D eigenvalue weighted by Crippen LogP contribution is 2.22. The first-order valence-corrected chi connectivity index (χ1v) is 9.74. The minimum absolute atomic E-state index is 0.0334. The SMILES string of the molecule is CCCOc1ccccc1/C=C/C(=O)N1CCN(c2cccc(Cl)c2)CC1. The molecule has 0 N–H and O–H groups in total. The maximum atomic E-state index is 12.6. The predicted molar refractivity (Wildman–Crippen MR) is 112 cm³/mol. The van der Waals surface area contributed by atoms with E-state index in [1.807, 2.05) is 53.4 Å². The van der Waals surface area contributed by atoms with Crippen LogP contribution in [0.15, 0.2) is 54.6 Å². The molecule has 1 amide bonds. The summed E-state index contributed by atoms with van der Waals surface area (Å²) in [7, 11) is 0. The first kappa shape index (κ1) is 19.3. The highest BCUT2D eigenvalue weighted by atomic mass is 35.5. The summed E-state index contributed by atoms with van der Waals surface area (Å²) in [5.41, 5.74) is 2.03. The van der Waals surface area contributed by atoms with Gasteiger partial charge in [0.25, 0.3) is 0 Å². The van der Waals surface area contributed by atoms with Gasteiger partial charge in [-0.25, -0.2) is 0 Å². The van der Waals surface area contributed by atoms with Gasteiger partial charge in [-0.1, -0.05) is 42.8 Å². The third kappa shape index (κ3) is 5.27. The van der Waals surface area contributed by atoms with Crippen molar-refractivity contribution < 1.29 is 9.53 Å². The third-order valence-corrected chi connectivity index (χ3v) is 4.79. The van der Waals surface area contributed by atoms with Crippen molar-refractivity contribution in [3.05, 3.63) is 65.2 Å². The molecular formula is C22H25ClN2O2. The van der Waals surface area contributed by atoms with E-state index in [0.29, 0.717) is 19.7 Å². The Hall–Kier alpha value is -2.46. The van der Waals surface area contributed by atoms with Crippen LogP contribution in [0.4, 0.5) is 5.69 Å². The molecule has 1 aliphatic rings. The number of para-hydroxylation sites is 1. The fourth-order valence-electron chi connectivity index (χ4n) is 3.09. The highest BCUT2D eigenvalue weighted by molar-refractivity contribution is 6.30. The number of rotatable bonds is 6. The number of ether oxygens (including phenoxy) is 1. The van der Waals surface area contributed by atoms with E-state index < -0.39 is 0 Å². The van der Waals surface area contributed by atoms with E-state index in [9.17, 15) is 4.79 Å². The Bertz CT molecular complexity index is 798. The molecule has 142 valence electrons. The minimum atomic E-state index is 0.0334. The lowest BCUT2D eigenvalue weighted by Gasteiger charge is -2.35. The third-order valence-electron chi connectivity index (χ3n) is 4.55. The molecule has 27 heavy (non-hydrogen) atoms. The van der Waals surface area contributed by atoms with Crippen molar-refractivity contribution in [2.45, 2.75) is 13.3 Å². The first-order chi connectivity index (χ1) is 13.2. The standard InChI is InChI=1S/C22H25ClN2O2/c1-2-16-27-21-9-4-3-6-18(21)10-11-22(26)25-14-12-24(13-15-25)20-8-5-7-19(23)17-20/h3-11,17H,2,12-16H2,1H3/b11-10+. The highest BCUT2D eigenvalue weighted by Gasteiger charge is 2.20. The summed E-state index contributed by atoms with van der Waals surface area (Å²) in [6.07, 6.45) is 4.44. The van der Waals surface area contributed by atoms with Crippen molar-refractivity contribution in [1.82, 2.24) is 4.90 Å². The molecule has 2 aromatic carbocycles. The second-order valence-electron chi connectivity index (χ2n) is 6.51. The van der Waals surface area contributed by atoms with Crippen LogP contribution < -0.4 is 9.64 Å². The van der Waals surface area contributed by atoms with Gasteiger partial charge >= 0.3 is 0 Å². The lowest BCUT2D eigenvalue weighted by atomic mass is 10.1. The van der Waals surface area contributed by atoms with Crippen LogP contribution in [0.3, 0.4) is 0 Å². The molecule has 2 aromatic rings. The summed E-state index contributed by atoms with van der Waals surface area (Å²) in [5, 5.41) is 0.734. The zero-order valence-electron chi connectivity index (χ0n) is 15.6. The van der Waals surface area contributed by atoms with Gasteiger partial charge in [-0.15, -0.1) is 0 Å². The Morgan fingerprint density at radius 1 is 1.11 bits per heavy atom. The Labute approximate surface area is 166 Å². The number of hydrogen-bond donors (Lipinski definition) is 0. The Kier molecular flexibility index (Phi) is 6.77. The number of carbonyl (C=O) groups is 1. The van der Waals surface area contributed by atoms with Crippen molar-refractivity contribution in [3.63, 3.8) is 0 Å². The largest absolute Gasteiger partial charge is 0.493 e. The Balaban J connectivity index is 1.58. The fourth-order valence-corrected chi connectivity index (χ4v) is 3.27. The molecule has 0 aliphatic carbocycles. The molecule has 0 atom stereocenters. The molecule has 0 radical (unpaired) electrons. The monoisotopic (exact) mass is 384 g/mol. The molecule has 0 saturated carbocycles. The quantitative estimate of drug-likeness (QED) is 0.688. The number of anilines is 1. The molecule has 0 aromatic heterocycles. The number of halogens is 1.